The van der Waals surface area contributed by atoms with E-state index in [1.54, 1.807) is 19.1 Å². The Hall–Kier alpha value is -3.29. The van der Waals surface area contributed by atoms with E-state index in [1.165, 1.54) is 31.4 Å². The standard InChI is InChI=1S/C22H21F3O5/c1-3-18(26)17(12-14-4-8-16(9-5-14)30-22(23,24)25)19(27)10-6-15-7-11-20(28)21(13-15)29-2/h4-5,7-9,11-13,28H,3,6,10H2,1-2H3. The number of carbonyl (C=O) groups is 2. The molecule has 0 saturated carbocycles. The number of Topliss-reactive ketones (excluding diaryl/α,β-unsaturated/α-hetero) is 2. The van der Waals surface area contributed by atoms with E-state index in [4.69, 9.17) is 4.74 Å². The number of aryl methyl sites for hydroxylation is 1. The zero-order valence-corrected chi connectivity index (χ0v) is 16.5. The van der Waals surface area contributed by atoms with Gasteiger partial charge in [-0.05, 0) is 47.9 Å². The van der Waals surface area contributed by atoms with Crippen LogP contribution in [0.4, 0.5) is 13.2 Å². The fraction of sp³-hybridized carbons (Fsp3) is 0.273. The van der Waals surface area contributed by atoms with E-state index in [0.717, 1.165) is 17.7 Å². The predicted molar refractivity (Wildman–Crippen MR) is 104 cm³/mol. The van der Waals surface area contributed by atoms with E-state index in [1.807, 2.05) is 0 Å². The first-order chi connectivity index (χ1) is 14.1. The lowest BCUT2D eigenvalue weighted by atomic mass is 9.96. The number of ether oxygens (including phenoxy) is 2. The molecule has 0 saturated heterocycles. The summed E-state index contributed by atoms with van der Waals surface area (Å²) in [7, 11) is 1.41. The Kier molecular flexibility index (Phi) is 7.63. The summed E-state index contributed by atoms with van der Waals surface area (Å²) in [6.45, 7) is 1.62. The van der Waals surface area contributed by atoms with Gasteiger partial charge in [0, 0.05) is 12.8 Å². The van der Waals surface area contributed by atoms with Crippen molar-refractivity contribution >= 4 is 17.6 Å². The van der Waals surface area contributed by atoms with Crippen molar-refractivity contribution < 1.29 is 37.3 Å². The van der Waals surface area contributed by atoms with Gasteiger partial charge in [-0.15, -0.1) is 13.2 Å². The third-order valence-corrected chi connectivity index (χ3v) is 4.23. The van der Waals surface area contributed by atoms with Crippen molar-refractivity contribution in [2.75, 3.05) is 7.11 Å². The number of methoxy groups -OCH3 is 1. The number of aromatic hydroxyl groups is 1. The maximum absolute atomic E-state index is 12.7. The lowest BCUT2D eigenvalue weighted by Crippen LogP contribution is -2.17. The summed E-state index contributed by atoms with van der Waals surface area (Å²) in [5.74, 6) is -0.882. The average molecular weight is 422 g/mol. The maximum atomic E-state index is 12.7. The highest BCUT2D eigenvalue weighted by Gasteiger charge is 2.31. The van der Waals surface area contributed by atoms with Crippen molar-refractivity contribution in [3.05, 3.63) is 59.2 Å². The van der Waals surface area contributed by atoms with E-state index < -0.39 is 12.1 Å². The molecular weight excluding hydrogens is 401 g/mol. The number of phenols is 1. The molecule has 0 bridgehead atoms. The minimum Gasteiger partial charge on any atom is -0.504 e. The first-order valence-electron chi connectivity index (χ1n) is 9.12. The molecule has 5 nitrogen and oxygen atoms in total. The Bertz CT molecular complexity index is 931. The second-order valence-electron chi connectivity index (χ2n) is 6.38. The summed E-state index contributed by atoms with van der Waals surface area (Å²) in [5.41, 5.74) is 1.13. The molecule has 0 aliphatic heterocycles. The van der Waals surface area contributed by atoms with E-state index >= 15 is 0 Å². The van der Waals surface area contributed by atoms with Crippen LogP contribution in [-0.4, -0.2) is 30.1 Å². The van der Waals surface area contributed by atoms with Crippen molar-refractivity contribution in [3.8, 4) is 17.2 Å². The van der Waals surface area contributed by atoms with Crippen LogP contribution in [-0.2, 0) is 16.0 Å². The van der Waals surface area contributed by atoms with Gasteiger partial charge in [-0.1, -0.05) is 25.1 Å². The summed E-state index contributed by atoms with van der Waals surface area (Å²) >= 11 is 0. The third kappa shape index (κ3) is 6.65. The zero-order valence-electron chi connectivity index (χ0n) is 16.5. The van der Waals surface area contributed by atoms with Crippen molar-refractivity contribution in [1.29, 1.82) is 0 Å². The summed E-state index contributed by atoms with van der Waals surface area (Å²) in [4.78, 5) is 24.9. The molecule has 2 aromatic rings. The monoisotopic (exact) mass is 422 g/mol. The number of alkyl halides is 3. The molecule has 0 unspecified atom stereocenters. The summed E-state index contributed by atoms with van der Waals surface area (Å²) < 4.78 is 45.6. The fourth-order valence-electron chi connectivity index (χ4n) is 2.71. The molecular formula is C22H21F3O5. The maximum Gasteiger partial charge on any atom is 0.573 e. The highest BCUT2D eigenvalue weighted by atomic mass is 19.4. The van der Waals surface area contributed by atoms with E-state index in [-0.39, 0.29) is 41.5 Å². The number of allylic oxidation sites excluding steroid dienone is 1. The summed E-state index contributed by atoms with van der Waals surface area (Å²) in [6, 6.07) is 9.60. The van der Waals surface area contributed by atoms with Gasteiger partial charge in [0.2, 0.25) is 0 Å². The SMILES string of the molecule is CCC(=O)C(=Cc1ccc(OC(F)(F)F)cc1)C(=O)CCc1ccc(O)c(OC)c1. The number of hydrogen-bond donors (Lipinski definition) is 1. The van der Waals surface area contributed by atoms with Crippen molar-refractivity contribution in [2.24, 2.45) is 0 Å². The van der Waals surface area contributed by atoms with Gasteiger partial charge in [-0.3, -0.25) is 9.59 Å². The summed E-state index contributed by atoms with van der Waals surface area (Å²) in [6.07, 6.45) is -2.96. The number of halogens is 3. The van der Waals surface area contributed by atoms with Crippen molar-refractivity contribution in [2.45, 2.75) is 32.5 Å². The lowest BCUT2D eigenvalue weighted by molar-refractivity contribution is -0.274. The van der Waals surface area contributed by atoms with E-state index in [2.05, 4.69) is 4.74 Å². The minimum absolute atomic E-state index is 0.0206. The second kappa shape index (κ2) is 9.96. The van der Waals surface area contributed by atoms with Crippen LogP contribution in [0.2, 0.25) is 0 Å². The van der Waals surface area contributed by atoms with Gasteiger partial charge in [0.25, 0.3) is 0 Å². The smallest absolute Gasteiger partial charge is 0.504 e. The van der Waals surface area contributed by atoms with Crippen LogP contribution < -0.4 is 9.47 Å². The predicted octanol–water partition coefficient (Wildman–Crippen LogP) is 4.86. The number of hydrogen-bond acceptors (Lipinski definition) is 5. The van der Waals surface area contributed by atoms with Crippen LogP contribution in [0.5, 0.6) is 17.2 Å². The van der Waals surface area contributed by atoms with E-state index in [0.29, 0.717) is 12.0 Å². The molecule has 0 amide bonds. The molecule has 2 rings (SSSR count). The first-order valence-corrected chi connectivity index (χ1v) is 9.12. The van der Waals surface area contributed by atoms with Crippen molar-refractivity contribution in [3.63, 3.8) is 0 Å². The molecule has 0 aliphatic carbocycles. The van der Waals surface area contributed by atoms with Crippen LogP contribution in [0, 0.1) is 0 Å². The highest BCUT2D eigenvalue weighted by Crippen LogP contribution is 2.27. The van der Waals surface area contributed by atoms with Gasteiger partial charge in [-0.2, -0.15) is 0 Å². The Balaban J connectivity index is 2.16. The Morgan fingerprint density at radius 1 is 1.07 bits per heavy atom. The molecule has 30 heavy (non-hydrogen) atoms. The van der Waals surface area contributed by atoms with Gasteiger partial charge in [0.15, 0.2) is 23.1 Å². The lowest BCUT2D eigenvalue weighted by Gasteiger charge is -2.09. The van der Waals surface area contributed by atoms with E-state index in [9.17, 15) is 27.9 Å². The molecule has 2 aromatic carbocycles. The van der Waals surface area contributed by atoms with Crippen LogP contribution in [0.3, 0.4) is 0 Å². The van der Waals surface area contributed by atoms with Crippen molar-refractivity contribution in [1.82, 2.24) is 0 Å². The number of benzene rings is 2. The summed E-state index contributed by atoms with van der Waals surface area (Å²) in [5, 5.41) is 9.63. The van der Waals surface area contributed by atoms with Crippen LogP contribution >= 0.6 is 0 Å². The van der Waals surface area contributed by atoms with Gasteiger partial charge in [-0.25, -0.2) is 0 Å². The molecule has 0 heterocycles. The Labute approximate surface area is 171 Å². The second-order valence-corrected chi connectivity index (χ2v) is 6.38. The molecule has 0 radical (unpaired) electrons. The zero-order chi connectivity index (χ0) is 22.3. The van der Waals surface area contributed by atoms with Gasteiger partial charge < -0.3 is 14.6 Å². The number of rotatable bonds is 9. The molecule has 0 aromatic heterocycles. The first kappa shape index (κ1) is 23.0. The molecule has 0 atom stereocenters. The Morgan fingerprint density at radius 3 is 2.30 bits per heavy atom. The molecule has 0 fully saturated rings. The fourth-order valence-corrected chi connectivity index (χ4v) is 2.71. The Morgan fingerprint density at radius 2 is 1.73 bits per heavy atom. The topological polar surface area (TPSA) is 72.8 Å². The van der Waals surface area contributed by atoms with Gasteiger partial charge >= 0.3 is 6.36 Å². The molecule has 0 spiro atoms. The number of carbonyl (C=O) groups excluding carboxylic acids is 2. The molecule has 0 aliphatic rings. The number of ketones is 2. The quantitative estimate of drug-likeness (QED) is 0.355. The molecule has 1 N–H and O–H groups in total. The van der Waals surface area contributed by atoms with Gasteiger partial charge in [0.05, 0.1) is 12.7 Å². The van der Waals surface area contributed by atoms with Crippen LogP contribution in [0.1, 0.15) is 30.9 Å². The van der Waals surface area contributed by atoms with Gasteiger partial charge in [0.1, 0.15) is 5.75 Å². The largest absolute Gasteiger partial charge is 0.573 e. The van der Waals surface area contributed by atoms with Crippen LogP contribution in [0.15, 0.2) is 48.0 Å². The molecule has 8 heteroatoms. The molecule has 160 valence electrons. The average Bonchev–Trinajstić information content (AvgIpc) is 2.70. The third-order valence-electron chi connectivity index (χ3n) is 4.23. The highest BCUT2D eigenvalue weighted by molar-refractivity contribution is 6.23. The normalized spacial score (nSPS) is 11.8. The van der Waals surface area contributed by atoms with Crippen LogP contribution in [0.25, 0.3) is 6.08 Å². The minimum atomic E-state index is -4.80. The number of phenolic OH excluding ortho intramolecular Hbond substituents is 1.